The van der Waals surface area contributed by atoms with E-state index in [1.165, 1.54) is 16.7 Å². The van der Waals surface area contributed by atoms with E-state index in [-0.39, 0.29) is 0 Å². The summed E-state index contributed by atoms with van der Waals surface area (Å²) in [6.07, 6.45) is 3.18. The van der Waals surface area contributed by atoms with Gasteiger partial charge in [-0.2, -0.15) is 0 Å². The summed E-state index contributed by atoms with van der Waals surface area (Å²) >= 11 is 0. The molecular weight excluding hydrogens is 258 g/mol. The van der Waals surface area contributed by atoms with Crippen LogP contribution in [0.25, 0.3) is 0 Å². The predicted octanol–water partition coefficient (Wildman–Crippen LogP) is 3.77. The maximum Gasteiger partial charge on any atom is 0.0502 e. The molecule has 0 aliphatic heterocycles. The topological polar surface area (TPSA) is 21.3 Å². The highest BCUT2D eigenvalue weighted by atomic mass is 16.5. The van der Waals surface area contributed by atoms with Crippen molar-refractivity contribution in [2.24, 2.45) is 0 Å². The van der Waals surface area contributed by atoms with E-state index in [4.69, 9.17) is 4.74 Å². The van der Waals surface area contributed by atoms with Gasteiger partial charge in [-0.05, 0) is 43.0 Å². The van der Waals surface area contributed by atoms with Gasteiger partial charge in [0.05, 0.1) is 6.61 Å². The van der Waals surface area contributed by atoms with Crippen LogP contribution >= 0.6 is 0 Å². The fourth-order valence-corrected chi connectivity index (χ4v) is 2.57. The van der Waals surface area contributed by atoms with Gasteiger partial charge in [0, 0.05) is 13.2 Å². The largest absolute Gasteiger partial charge is 0.384 e. The van der Waals surface area contributed by atoms with Gasteiger partial charge in [-0.25, -0.2) is 0 Å². The normalized spacial score (nSPS) is 12.3. The van der Waals surface area contributed by atoms with E-state index in [2.05, 4.69) is 59.9 Å². The molecular formula is C19H25NO. The maximum absolute atomic E-state index is 5.12. The van der Waals surface area contributed by atoms with Crippen molar-refractivity contribution in [3.8, 4) is 0 Å². The Morgan fingerprint density at radius 1 is 0.905 bits per heavy atom. The molecule has 1 N–H and O–H groups in total. The van der Waals surface area contributed by atoms with E-state index >= 15 is 0 Å². The molecule has 0 aliphatic rings. The fraction of sp³-hybridized carbons (Fsp3) is 0.368. The molecule has 2 aromatic carbocycles. The molecule has 0 spiro atoms. The summed E-state index contributed by atoms with van der Waals surface area (Å²) in [5.74, 6) is 0. The molecule has 0 aliphatic carbocycles. The summed E-state index contributed by atoms with van der Waals surface area (Å²) in [6.45, 7) is 0.781. The minimum absolute atomic E-state index is 0.404. The smallest absolute Gasteiger partial charge is 0.0502 e. The lowest BCUT2D eigenvalue weighted by Gasteiger charge is -2.17. The van der Waals surface area contributed by atoms with Crippen LogP contribution in [0.15, 0.2) is 54.6 Å². The Bertz CT molecular complexity index is 507. The van der Waals surface area contributed by atoms with Gasteiger partial charge in [0.25, 0.3) is 0 Å². The zero-order valence-corrected chi connectivity index (χ0v) is 13.0. The number of hydrogen-bond donors (Lipinski definition) is 1. The van der Waals surface area contributed by atoms with Crippen molar-refractivity contribution in [3.05, 3.63) is 71.3 Å². The van der Waals surface area contributed by atoms with Gasteiger partial charge in [0.1, 0.15) is 0 Å². The zero-order valence-electron chi connectivity index (χ0n) is 13.0. The summed E-state index contributed by atoms with van der Waals surface area (Å²) in [7, 11) is 3.78. The quantitative estimate of drug-likeness (QED) is 0.796. The molecule has 112 valence electrons. The van der Waals surface area contributed by atoms with Crippen LogP contribution < -0.4 is 5.32 Å². The number of benzene rings is 2. The second-order valence-corrected chi connectivity index (χ2v) is 5.35. The summed E-state index contributed by atoms with van der Waals surface area (Å²) in [5, 5.41) is 3.43. The van der Waals surface area contributed by atoms with Crippen LogP contribution in [0, 0.1) is 0 Å². The number of aryl methyl sites for hydroxylation is 1. The molecule has 0 amide bonds. The van der Waals surface area contributed by atoms with Crippen LogP contribution in [0.5, 0.6) is 0 Å². The number of methoxy groups -OCH3 is 1. The number of nitrogens with one attached hydrogen (secondary N) is 1. The molecule has 1 unspecified atom stereocenters. The number of ether oxygens (including phenoxy) is 1. The maximum atomic E-state index is 5.12. The van der Waals surface area contributed by atoms with E-state index in [1.54, 1.807) is 7.11 Å². The van der Waals surface area contributed by atoms with Gasteiger partial charge in [0.15, 0.2) is 0 Å². The zero-order chi connectivity index (χ0) is 14.9. The van der Waals surface area contributed by atoms with Crippen LogP contribution in [0.1, 0.15) is 29.2 Å². The first-order valence-corrected chi connectivity index (χ1v) is 7.62. The van der Waals surface area contributed by atoms with Gasteiger partial charge in [0.2, 0.25) is 0 Å². The third-order valence-electron chi connectivity index (χ3n) is 3.89. The SMILES string of the molecule is CNC(CCc1ccccc1)c1ccc(CCOC)cc1. The Kier molecular flexibility index (Phi) is 6.45. The Morgan fingerprint density at radius 3 is 2.19 bits per heavy atom. The van der Waals surface area contributed by atoms with Gasteiger partial charge >= 0.3 is 0 Å². The molecule has 0 saturated heterocycles. The van der Waals surface area contributed by atoms with Gasteiger partial charge in [-0.3, -0.25) is 0 Å². The first-order valence-electron chi connectivity index (χ1n) is 7.62. The molecule has 0 bridgehead atoms. The van der Waals surface area contributed by atoms with E-state index in [9.17, 15) is 0 Å². The molecule has 2 aromatic rings. The van der Waals surface area contributed by atoms with Crippen molar-refractivity contribution < 1.29 is 4.74 Å². The number of rotatable bonds is 8. The highest BCUT2D eigenvalue weighted by molar-refractivity contribution is 5.25. The average Bonchev–Trinajstić information content (AvgIpc) is 2.55. The van der Waals surface area contributed by atoms with Crippen molar-refractivity contribution in [2.75, 3.05) is 20.8 Å². The van der Waals surface area contributed by atoms with Crippen molar-refractivity contribution in [1.82, 2.24) is 5.32 Å². The van der Waals surface area contributed by atoms with E-state index < -0.39 is 0 Å². The van der Waals surface area contributed by atoms with Crippen molar-refractivity contribution in [1.29, 1.82) is 0 Å². The molecule has 0 aromatic heterocycles. The van der Waals surface area contributed by atoms with E-state index in [0.29, 0.717) is 6.04 Å². The summed E-state index contributed by atoms with van der Waals surface area (Å²) in [5.41, 5.74) is 4.09. The molecule has 2 heteroatoms. The Balaban J connectivity index is 1.94. The molecule has 2 rings (SSSR count). The van der Waals surface area contributed by atoms with Crippen LogP contribution in [0.3, 0.4) is 0 Å². The Hall–Kier alpha value is -1.64. The van der Waals surface area contributed by atoms with Crippen molar-refractivity contribution in [2.45, 2.75) is 25.3 Å². The molecule has 0 heterocycles. The molecule has 0 saturated carbocycles. The summed E-state index contributed by atoms with van der Waals surface area (Å²) in [4.78, 5) is 0. The summed E-state index contributed by atoms with van der Waals surface area (Å²) < 4.78 is 5.12. The molecule has 21 heavy (non-hydrogen) atoms. The summed E-state index contributed by atoms with van der Waals surface area (Å²) in [6, 6.07) is 20.0. The van der Waals surface area contributed by atoms with Crippen molar-refractivity contribution in [3.63, 3.8) is 0 Å². The number of hydrogen-bond acceptors (Lipinski definition) is 2. The van der Waals surface area contributed by atoms with E-state index in [1.807, 2.05) is 7.05 Å². The van der Waals surface area contributed by atoms with Crippen LogP contribution in [-0.4, -0.2) is 20.8 Å². The monoisotopic (exact) mass is 283 g/mol. The van der Waals surface area contributed by atoms with Crippen LogP contribution in [0.2, 0.25) is 0 Å². The minimum atomic E-state index is 0.404. The lowest BCUT2D eigenvalue weighted by atomic mass is 9.98. The molecule has 1 atom stereocenters. The fourth-order valence-electron chi connectivity index (χ4n) is 2.57. The lowest BCUT2D eigenvalue weighted by Crippen LogP contribution is -2.17. The molecule has 0 radical (unpaired) electrons. The van der Waals surface area contributed by atoms with Gasteiger partial charge < -0.3 is 10.1 Å². The molecule has 0 fully saturated rings. The minimum Gasteiger partial charge on any atom is -0.384 e. The second-order valence-electron chi connectivity index (χ2n) is 5.35. The lowest BCUT2D eigenvalue weighted by molar-refractivity contribution is 0.202. The standard InChI is InChI=1S/C19H25NO/c1-20-19(13-10-16-6-4-3-5-7-16)18-11-8-17(9-12-18)14-15-21-2/h3-9,11-12,19-20H,10,13-15H2,1-2H3. The third kappa shape index (κ3) is 5.00. The third-order valence-corrected chi connectivity index (χ3v) is 3.89. The molecule has 2 nitrogen and oxygen atoms in total. The first-order chi connectivity index (χ1) is 10.3. The van der Waals surface area contributed by atoms with E-state index in [0.717, 1.165) is 25.9 Å². The predicted molar refractivity (Wildman–Crippen MR) is 88.6 cm³/mol. The Labute approximate surface area is 128 Å². The van der Waals surface area contributed by atoms with Crippen molar-refractivity contribution >= 4 is 0 Å². The first kappa shape index (κ1) is 15.7. The van der Waals surface area contributed by atoms with Crippen LogP contribution in [-0.2, 0) is 17.6 Å². The van der Waals surface area contributed by atoms with Gasteiger partial charge in [-0.1, -0.05) is 54.6 Å². The Morgan fingerprint density at radius 2 is 1.57 bits per heavy atom. The highest BCUT2D eigenvalue weighted by Gasteiger charge is 2.09. The average molecular weight is 283 g/mol. The second kappa shape index (κ2) is 8.60. The highest BCUT2D eigenvalue weighted by Crippen LogP contribution is 2.19. The van der Waals surface area contributed by atoms with Gasteiger partial charge in [-0.15, -0.1) is 0 Å². The van der Waals surface area contributed by atoms with Crippen LogP contribution in [0.4, 0.5) is 0 Å².